The van der Waals surface area contributed by atoms with Crippen LogP contribution in [0.4, 0.5) is 25.0 Å². The number of nitrogens with one attached hydrogen (secondary N) is 1. The molecule has 0 bridgehead atoms. The maximum Gasteiger partial charge on any atom is 0.321 e. The molecule has 0 unspecified atom stereocenters. The second-order valence-electron chi connectivity index (χ2n) is 8.62. The van der Waals surface area contributed by atoms with Gasteiger partial charge in [0.05, 0.1) is 5.69 Å². The van der Waals surface area contributed by atoms with Gasteiger partial charge in [-0.3, -0.25) is 4.90 Å². The molecule has 0 spiro atoms. The van der Waals surface area contributed by atoms with E-state index in [-0.39, 0.29) is 17.0 Å². The van der Waals surface area contributed by atoms with Crippen molar-refractivity contribution in [2.45, 2.75) is 19.8 Å². The van der Waals surface area contributed by atoms with Crippen LogP contribution in [0.15, 0.2) is 42.5 Å². The number of carbonyl (C=O) groups excluding carboxylic acids is 1. The van der Waals surface area contributed by atoms with Gasteiger partial charge in [-0.25, -0.2) is 9.18 Å². The third kappa shape index (κ3) is 5.81. The van der Waals surface area contributed by atoms with Gasteiger partial charge in [-0.15, -0.1) is 11.3 Å². The first-order valence-corrected chi connectivity index (χ1v) is 12.2. The predicted molar refractivity (Wildman–Crippen MR) is 132 cm³/mol. The summed E-state index contributed by atoms with van der Waals surface area (Å²) in [6, 6.07) is 12.1. The number of carbonyl (C=O) groups is 1. The second kappa shape index (κ2) is 10.5. The molecule has 4 rings (SSSR count). The van der Waals surface area contributed by atoms with Gasteiger partial charge < -0.3 is 15.1 Å². The Kier molecular flexibility index (Phi) is 7.45. The largest absolute Gasteiger partial charge is 0.365 e. The predicted octanol–water partition coefficient (Wildman–Crippen LogP) is 5.55. The summed E-state index contributed by atoms with van der Waals surface area (Å²) in [7, 11) is 1.81. The maximum absolute atomic E-state index is 14.6. The molecule has 8 heteroatoms. The summed E-state index contributed by atoms with van der Waals surface area (Å²) in [6.07, 6.45) is 1.92. The minimum absolute atomic E-state index is 0.0997. The highest BCUT2D eigenvalue weighted by Crippen LogP contribution is 2.37. The molecule has 176 valence electrons. The lowest BCUT2D eigenvalue weighted by Crippen LogP contribution is -2.46. The van der Waals surface area contributed by atoms with Crippen molar-refractivity contribution in [3.05, 3.63) is 59.0 Å². The van der Waals surface area contributed by atoms with Crippen LogP contribution in [-0.2, 0) is 0 Å². The summed E-state index contributed by atoms with van der Waals surface area (Å²) < 4.78 is 28.7. The molecule has 1 N–H and O–H groups in total. The highest BCUT2D eigenvalue weighted by Gasteiger charge is 2.23. The van der Waals surface area contributed by atoms with Gasteiger partial charge in [0.2, 0.25) is 5.13 Å². The second-order valence-corrected chi connectivity index (χ2v) is 9.62. The molecule has 1 fully saturated rings. The van der Waals surface area contributed by atoms with E-state index in [1.165, 1.54) is 12.1 Å². The first-order chi connectivity index (χ1) is 15.9. The van der Waals surface area contributed by atoms with Crippen molar-refractivity contribution >= 4 is 38.8 Å². The number of fused-ring (bicyclic) bond motifs is 1. The zero-order chi connectivity index (χ0) is 23.4. The summed E-state index contributed by atoms with van der Waals surface area (Å²) in [6.45, 7) is 6.89. The molecule has 5 nitrogen and oxygen atoms in total. The van der Waals surface area contributed by atoms with E-state index in [1.54, 1.807) is 11.0 Å². The smallest absolute Gasteiger partial charge is 0.321 e. The Morgan fingerprint density at radius 3 is 2.52 bits per heavy atom. The average Bonchev–Trinajstić information content (AvgIpc) is 3.13. The van der Waals surface area contributed by atoms with E-state index in [0.717, 1.165) is 73.5 Å². The van der Waals surface area contributed by atoms with Gasteiger partial charge in [-0.1, -0.05) is 17.7 Å². The number of thiophene rings is 1. The molecule has 33 heavy (non-hydrogen) atoms. The van der Waals surface area contributed by atoms with Crippen LogP contribution in [0.3, 0.4) is 0 Å². The molecule has 0 atom stereocenters. The van der Waals surface area contributed by atoms with Crippen LogP contribution in [0, 0.1) is 17.9 Å². The zero-order valence-corrected chi connectivity index (χ0v) is 19.9. The van der Waals surface area contributed by atoms with Crippen LogP contribution >= 0.6 is 11.3 Å². The quantitative estimate of drug-likeness (QED) is 0.458. The monoisotopic (exact) mass is 472 g/mol. The Labute approximate surface area is 197 Å². The van der Waals surface area contributed by atoms with Gasteiger partial charge >= 0.3 is 6.03 Å². The van der Waals surface area contributed by atoms with Crippen LogP contribution in [-0.4, -0.2) is 62.1 Å². The number of halogens is 2. The molecule has 0 radical (unpaired) electrons. The number of aryl methyl sites for hydroxylation is 1. The lowest BCUT2D eigenvalue weighted by molar-refractivity contribution is 0.217. The van der Waals surface area contributed by atoms with E-state index in [4.69, 9.17) is 0 Å². The maximum atomic E-state index is 14.6. The van der Waals surface area contributed by atoms with Crippen molar-refractivity contribution in [3.8, 4) is 0 Å². The average molecular weight is 473 g/mol. The zero-order valence-electron chi connectivity index (χ0n) is 19.1. The minimum Gasteiger partial charge on any atom is -0.365 e. The number of nitrogens with zero attached hydrogens (tertiary/aromatic N) is 3. The SMILES string of the molecule is Cc1ccc(NC(=O)N(C)CCCCN2CCN(c3c(F)sc4cc(F)ccc34)CC2)cc1. The highest BCUT2D eigenvalue weighted by atomic mass is 32.1. The molecule has 1 aliphatic rings. The van der Waals surface area contributed by atoms with Gasteiger partial charge in [0.15, 0.2) is 0 Å². The molecule has 2 heterocycles. The van der Waals surface area contributed by atoms with Gasteiger partial charge in [-0.05, 0) is 56.6 Å². The molecule has 1 aliphatic heterocycles. The third-order valence-electron chi connectivity index (χ3n) is 6.14. The molecule has 2 aromatic carbocycles. The van der Waals surface area contributed by atoms with Crippen LogP contribution in [0.2, 0.25) is 0 Å². The van der Waals surface area contributed by atoms with Crippen LogP contribution in [0.25, 0.3) is 10.1 Å². The minimum atomic E-state index is -0.335. The van der Waals surface area contributed by atoms with E-state index in [1.807, 2.05) is 38.2 Å². The summed E-state index contributed by atoms with van der Waals surface area (Å²) in [4.78, 5) is 18.5. The fraction of sp³-hybridized carbons (Fsp3) is 0.400. The summed E-state index contributed by atoms with van der Waals surface area (Å²) >= 11 is 1.01. The Morgan fingerprint density at radius 2 is 1.79 bits per heavy atom. The van der Waals surface area contributed by atoms with Crippen molar-refractivity contribution < 1.29 is 13.6 Å². The lowest BCUT2D eigenvalue weighted by atomic mass is 10.2. The van der Waals surface area contributed by atoms with Crippen molar-refractivity contribution in [3.63, 3.8) is 0 Å². The normalized spacial score (nSPS) is 14.6. The Balaban J connectivity index is 1.18. The summed E-state index contributed by atoms with van der Waals surface area (Å²) in [5, 5.41) is 3.47. The number of amides is 2. The highest BCUT2D eigenvalue weighted by molar-refractivity contribution is 7.18. The first-order valence-electron chi connectivity index (χ1n) is 11.3. The topological polar surface area (TPSA) is 38.8 Å². The molecule has 1 saturated heterocycles. The standard InChI is InChI=1S/C25H30F2N4OS/c1-18-5-8-20(9-6-18)28-25(32)29(2)11-3-4-12-30-13-15-31(16-14-30)23-21-10-7-19(26)17-22(21)33-24(23)27/h5-10,17H,3-4,11-16H2,1-2H3,(H,28,32). The van der Waals surface area contributed by atoms with E-state index in [9.17, 15) is 13.6 Å². The van der Waals surface area contributed by atoms with Crippen molar-refractivity contribution in [2.24, 2.45) is 0 Å². The van der Waals surface area contributed by atoms with Gasteiger partial charge in [0.1, 0.15) is 5.82 Å². The van der Waals surface area contributed by atoms with E-state index >= 15 is 0 Å². The number of hydrogen-bond donors (Lipinski definition) is 1. The molecule has 1 aromatic heterocycles. The molecular formula is C25H30F2N4OS. The van der Waals surface area contributed by atoms with E-state index in [2.05, 4.69) is 15.1 Å². The van der Waals surface area contributed by atoms with Crippen LogP contribution < -0.4 is 10.2 Å². The molecule has 0 aliphatic carbocycles. The number of benzene rings is 2. The van der Waals surface area contributed by atoms with Crippen molar-refractivity contribution in [2.75, 3.05) is 56.5 Å². The number of anilines is 2. The summed E-state index contributed by atoms with van der Waals surface area (Å²) in [5.41, 5.74) is 2.57. The van der Waals surface area contributed by atoms with Crippen LogP contribution in [0.1, 0.15) is 18.4 Å². The van der Waals surface area contributed by atoms with E-state index in [0.29, 0.717) is 16.9 Å². The lowest BCUT2D eigenvalue weighted by Gasteiger charge is -2.36. The fourth-order valence-electron chi connectivity index (χ4n) is 4.16. The number of urea groups is 1. The fourth-order valence-corrected chi connectivity index (χ4v) is 5.13. The van der Waals surface area contributed by atoms with Crippen molar-refractivity contribution in [1.29, 1.82) is 0 Å². The number of hydrogen-bond acceptors (Lipinski definition) is 4. The number of piperazine rings is 1. The molecular weight excluding hydrogens is 442 g/mol. The Hall–Kier alpha value is -2.71. The first kappa shape index (κ1) is 23.4. The third-order valence-corrected chi connectivity index (χ3v) is 7.07. The van der Waals surface area contributed by atoms with Gasteiger partial charge in [0, 0.05) is 55.5 Å². The Morgan fingerprint density at radius 1 is 1.06 bits per heavy atom. The number of unbranched alkanes of at least 4 members (excludes halogenated alkanes) is 1. The van der Waals surface area contributed by atoms with Gasteiger partial charge in [-0.2, -0.15) is 4.39 Å². The van der Waals surface area contributed by atoms with E-state index < -0.39 is 0 Å². The van der Waals surface area contributed by atoms with Crippen LogP contribution in [0.5, 0.6) is 0 Å². The summed E-state index contributed by atoms with van der Waals surface area (Å²) in [5.74, 6) is -0.335. The molecule has 2 amide bonds. The number of rotatable bonds is 7. The van der Waals surface area contributed by atoms with Gasteiger partial charge in [0.25, 0.3) is 0 Å². The molecule has 0 saturated carbocycles. The van der Waals surface area contributed by atoms with Crippen molar-refractivity contribution in [1.82, 2.24) is 9.80 Å². The Bertz CT molecular complexity index is 1090. The molecule has 3 aromatic rings.